The summed E-state index contributed by atoms with van der Waals surface area (Å²) >= 11 is 0. The summed E-state index contributed by atoms with van der Waals surface area (Å²) in [5.41, 5.74) is 0. The molecule has 1 atom stereocenters. The molecule has 0 heterocycles. The van der Waals surface area contributed by atoms with Gasteiger partial charge in [-0.2, -0.15) is 8.42 Å². The zero-order valence-electron chi connectivity index (χ0n) is 16.6. The lowest BCUT2D eigenvalue weighted by molar-refractivity contribution is 0.452. The number of rotatable bonds is 15. The van der Waals surface area contributed by atoms with Crippen LogP contribution in [0.2, 0.25) is 0 Å². The molecule has 148 valence electrons. The van der Waals surface area contributed by atoms with E-state index in [1.807, 2.05) is 21.0 Å². The van der Waals surface area contributed by atoms with Crippen molar-refractivity contribution in [3.8, 4) is 0 Å². The van der Waals surface area contributed by atoms with E-state index in [2.05, 4.69) is 12.2 Å². The van der Waals surface area contributed by atoms with Crippen molar-refractivity contribution in [2.45, 2.75) is 109 Å². The third kappa shape index (κ3) is 19.9. The van der Waals surface area contributed by atoms with Gasteiger partial charge in [0.25, 0.3) is 10.1 Å². The maximum atomic E-state index is 11.1. The number of hydrogen-bond acceptors (Lipinski definition) is 3. The first-order valence-corrected chi connectivity index (χ1v) is 11.5. The van der Waals surface area contributed by atoms with Crippen molar-refractivity contribution in [1.82, 2.24) is 5.32 Å². The minimum atomic E-state index is -3.83. The molecule has 5 heteroatoms. The molecule has 0 aliphatic carbocycles. The minimum absolute atomic E-state index is 0.511. The first-order valence-electron chi connectivity index (χ1n) is 9.98. The van der Waals surface area contributed by atoms with Gasteiger partial charge >= 0.3 is 0 Å². The highest BCUT2D eigenvalue weighted by Crippen LogP contribution is 2.16. The Labute approximate surface area is 151 Å². The van der Waals surface area contributed by atoms with Gasteiger partial charge in [-0.25, -0.2) is 0 Å². The second-order valence-corrected chi connectivity index (χ2v) is 8.42. The van der Waals surface area contributed by atoms with E-state index in [0.717, 1.165) is 12.8 Å². The van der Waals surface area contributed by atoms with Crippen molar-refractivity contribution < 1.29 is 13.0 Å². The van der Waals surface area contributed by atoms with Gasteiger partial charge in [0.1, 0.15) is 0 Å². The molecule has 0 aromatic heterocycles. The third-order valence-corrected chi connectivity index (χ3v) is 5.67. The normalized spacial score (nSPS) is 12.5. The molecule has 0 amide bonds. The molecule has 0 aromatic carbocycles. The van der Waals surface area contributed by atoms with Crippen LogP contribution in [0.5, 0.6) is 0 Å². The van der Waals surface area contributed by atoms with Gasteiger partial charge in [-0.15, -0.1) is 0 Å². The monoisotopic (exact) mass is 365 g/mol. The largest absolute Gasteiger partial charge is 0.323 e. The van der Waals surface area contributed by atoms with Crippen molar-refractivity contribution in [2.75, 3.05) is 14.1 Å². The van der Waals surface area contributed by atoms with Gasteiger partial charge in [-0.1, -0.05) is 90.9 Å². The lowest BCUT2D eigenvalue weighted by atomic mass is 10.0. The van der Waals surface area contributed by atoms with E-state index in [4.69, 9.17) is 4.55 Å². The summed E-state index contributed by atoms with van der Waals surface area (Å²) in [4.78, 5) is 0. The first kappa shape index (κ1) is 26.1. The maximum absolute atomic E-state index is 11.1. The number of nitrogens with one attached hydrogen (secondary N) is 1. The molecule has 0 fully saturated rings. The zero-order valence-corrected chi connectivity index (χ0v) is 17.5. The molecular weight excluding hydrogens is 322 g/mol. The molecule has 0 aromatic rings. The molecule has 0 rings (SSSR count). The van der Waals surface area contributed by atoms with Crippen LogP contribution in [-0.4, -0.2) is 32.3 Å². The lowest BCUT2D eigenvalue weighted by Gasteiger charge is -2.10. The Kier molecular flexibility index (Phi) is 20.9. The summed E-state index contributed by atoms with van der Waals surface area (Å²) in [6.45, 7) is 4.07. The van der Waals surface area contributed by atoms with Gasteiger partial charge < -0.3 is 5.32 Å². The quantitative estimate of drug-likeness (QED) is 0.294. The van der Waals surface area contributed by atoms with E-state index in [0.29, 0.717) is 12.8 Å². The fourth-order valence-electron chi connectivity index (χ4n) is 2.78. The molecule has 0 saturated heterocycles. The highest BCUT2D eigenvalue weighted by atomic mass is 32.2. The van der Waals surface area contributed by atoms with Gasteiger partial charge in [-0.3, -0.25) is 4.55 Å². The molecular formula is C19H43NO3S. The summed E-state index contributed by atoms with van der Waals surface area (Å²) in [7, 11) is -0.0795. The summed E-state index contributed by atoms with van der Waals surface area (Å²) in [5.74, 6) is 0. The summed E-state index contributed by atoms with van der Waals surface area (Å²) in [6.07, 6.45) is 16.4. The zero-order chi connectivity index (χ0) is 18.7. The molecule has 1 unspecified atom stereocenters. The van der Waals surface area contributed by atoms with Crippen LogP contribution in [-0.2, 0) is 10.1 Å². The predicted molar refractivity (Wildman–Crippen MR) is 106 cm³/mol. The molecule has 0 bridgehead atoms. The van der Waals surface area contributed by atoms with Gasteiger partial charge in [0.05, 0.1) is 5.25 Å². The summed E-state index contributed by atoms with van der Waals surface area (Å²) in [5, 5.41) is 2.20. The van der Waals surface area contributed by atoms with Gasteiger partial charge in [0.15, 0.2) is 0 Å². The van der Waals surface area contributed by atoms with Crippen molar-refractivity contribution in [3.63, 3.8) is 0 Å². The standard InChI is InChI=1S/C17H36O3S.C2H7N/c1-3-5-6-7-8-9-10-11-12-13-14-15-16-17(4-2)21(18,19)20;1-3-2/h17H,3-16H2,1-2H3,(H,18,19,20);3H,1-2H3. The molecule has 0 aliphatic heterocycles. The Morgan fingerprint density at radius 3 is 1.38 bits per heavy atom. The van der Waals surface area contributed by atoms with Gasteiger partial charge in [-0.05, 0) is 26.9 Å². The van der Waals surface area contributed by atoms with Gasteiger partial charge in [0, 0.05) is 0 Å². The smallest absolute Gasteiger partial charge is 0.267 e. The molecule has 0 radical (unpaired) electrons. The van der Waals surface area contributed by atoms with Crippen LogP contribution < -0.4 is 5.32 Å². The Morgan fingerprint density at radius 1 is 0.750 bits per heavy atom. The first-order chi connectivity index (χ1) is 11.4. The molecule has 0 spiro atoms. The highest BCUT2D eigenvalue weighted by molar-refractivity contribution is 7.86. The minimum Gasteiger partial charge on any atom is -0.323 e. The molecule has 2 N–H and O–H groups in total. The van der Waals surface area contributed by atoms with Gasteiger partial charge in [0.2, 0.25) is 0 Å². The second kappa shape index (κ2) is 19.2. The topological polar surface area (TPSA) is 66.4 Å². The van der Waals surface area contributed by atoms with Crippen LogP contribution in [0.3, 0.4) is 0 Å². The Bertz CT molecular complexity index is 332. The predicted octanol–water partition coefficient (Wildman–Crippen LogP) is 5.58. The molecule has 0 saturated carbocycles. The lowest BCUT2D eigenvalue weighted by Crippen LogP contribution is -2.19. The van der Waals surface area contributed by atoms with Crippen LogP contribution in [0.4, 0.5) is 0 Å². The Morgan fingerprint density at radius 2 is 1.08 bits per heavy atom. The van der Waals surface area contributed by atoms with Crippen LogP contribution in [0, 0.1) is 0 Å². The Balaban J connectivity index is 0. The molecule has 0 aliphatic rings. The number of unbranched alkanes of at least 4 members (excludes halogenated alkanes) is 11. The van der Waals surface area contributed by atoms with E-state index in [9.17, 15) is 8.42 Å². The third-order valence-electron chi connectivity index (χ3n) is 4.26. The SMILES string of the molecule is CCCCCCCCCCCCCCC(CC)S(=O)(=O)O.CNC. The fourth-order valence-corrected chi connectivity index (χ4v) is 3.66. The highest BCUT2D eigenvalue weighted by Gasteiger charge is 2.19. The average Bonchev–Trinajstić information content (AvgIpc) is 2.51. The van der Waals surface area contributed by atoms with E-state index in [-0.39, 0.29) is 0 Å². The number of hydrogen-bond donors (Lipinski definition) is 2. The maximum Gasteiger partial charge on any atom is 0.267 e. The van der Waals surface area contributed by atoms with Crippen molar-refractivity contribution in [1.29, 1.82) is 0 Å². The fraction of sp³-hybridized carbons (Fsp3) is 1.00. The Hall–Kier alpha value is -0.130. The van der Waals surface area contributed by atoms with Crippen molar-refractivity contribution in [3.05, 3.63) is 0 Å². The van der Waals surface area contributed by atoms with E-state index >= 15 is 0 Å². The van der Waals surface area contributed by atoms with Crippen molar-refractivity contribution in [2.24, 2.45) is 0 Å². The van der Waals surface area contributed by atoms with Crippen LogP contribution >= 0.6 is 0 Å². The second-order valence-electron chi connectivity index (χ2n) is 6.72. The van der Waals surface area contributed by atoms with E-state index in [1.165, 1.54) is 64.2 Å². The van der Waals surface area contributed by atoms with Crippen LogP contribution in [0.15, 0.2) is 0 Å². The van der Waals surface area contributed by atoms with Crippen LogP contribution in [0.1, 0.15) is 104 Å². The average molecular weight is 366 g/mol. The van der Waals surface area contributed by atoms with Crippen LogP contribution in [0.25, 0.3) is 0 Å². The summed E-state index contributed by atoms with van der Waals surface area (Å²) in [6, 6.07) is 0. The summed E-state index contributed by atoms with van der Waals surface area (Å²) < 4.78 is 31.1. The molecule has 24 heavy (non-hydrogen) atoms. The molecule has 4 nitrogen and oxygen atoms in total. The van der Waals surface area contributed by atoms with E-state index in [1.54, 1.807) is 0 Å². The van der Waals surface area contributed by atoms with E-state index < -0.39 is 15.4 Å². The van der Waals surface area contributed by atoms with Crippen molar-refractivity contribution >= 4 is 10.1 Å².